The monoisotopic (exact) mass is 630 g/mol. The Morgan fingerprint density at radius 2 is 0.778 bits per heavy atom. The summed E-state index contributed by atoms with van der Waals surface area (Å²) in [7, 11) is 0. The van der Waals surface area contributed by atoms with Gasteiger partial charge in [0.15, 0.2) is 0 Å². The van der Waals surface area contributed by atoms with Crippen molar-refractivity contribution in [1.29, 1.82) is 0 Å². The van der Waals surface area contributed by atoms with Gasteiger partial charge < -0.3 is 23.7 Å². The van der Waals surface area contributed by atoms with Gasteiger partial charge in [0.25, 0.3) is 0 Å². The Morgan fingerprint density at radius 1 is 0.356 bits per heavy atom. The van der Waals surface area contributed by atoms with E-state index in [0.717, 1.165) is 42.5 Å². The van der Waals surface area contributed by atoms with Gasteiger partial charge in [-0.05, 0) is 48.5 Å². The number of hydrogen-bond acceptors (Lipinski definition) is 5. The van der Waals surface area contributed by atoms with E-state index in [-0.39, 0.29) is 17.2 Å². The highest BCUT2D eigenvalue weighted by atomic mass is 19.4. The third-order valence-electron chi connectivity index (χ3n) is 5.87. The van der Waals surface area contributed by atoms with Crippen LogP contribution in [0.3, 0.4) is 0 Å². The van der Waals surface area contributed by atoms with E-state index in [1.807, 2.05) is 0 Å². The maximum atomic E-state index is 15.0. The van der Waals surface area contributed by atoms with Gasteiger partial charge in [0.05, 0.1) is 5.56 Å². The molecule has 0 aliphatic heterocycles. The van der Waals surface area contributed by atoms with Crippen molar-refractivity contribution in [3.63, 3.8) is 0 Å². The normalized spacial score (nSPS) is 11.9. The molecule has 5 rings (SSSR count). The molecule has 45 heavy (non-hydrogen) atoms. The smallest absolute Gasteiger partial charge is 0.457 e. The lowest BCUT2D eigenvalue weighted by Crippen LogP contribution is -2.49. The van der Waals surface area contributed by atoms with E-state index in [2.05, 4.69) is 9.47 Å². The van der Waals surface area contributed by atoms with Gasteiger partial charge >= 0.3 is 18.4 Å². The fourth-order valence-electron chi connectivity index (χ4n) is 3.90. The molecule has 0 aliphatic carbocycles. The maximum Gasteiger partial charge on any atom is 0.507 e. The molecule has 0 saturated heterocycles. The molecule has 0 amide bonds. The van der Waals surface area contributed by atoms with Crippen LogP contribution < -0.4 is 23.7 Å². The summed E-state index contributed by atoms with van der Waals surface area (Å²) in [6.45, 7) is 0. The van der Waals surface area contributed by atoms with Crippen molar-refractivity contribution < 1.29 is 54.4 Å². The van der Waals surface area contributed by atoms with E-state index in [1.54, 1.807) is 48.5 Å². The van der Waals surface area contributed by atoms with Gasteiger partial charge in [0.2, 0.25) is 0 Å². The average Bonchev–Trinajstić information content (AvgIpc) is 2.97. The Bertz CT molecular complexity index is 1730. The molecule has 0 aliphatic rings. The first-order chi connectivity index (χ1) is 21.4. The van der Waals surface area contributed by atoms with Crippen LogP contribution in [-0.2, 0) is 6.18 Å². The van der Waals surface area contributed by atoms with Crippen LogP contribution in [0.15, 0.2) is 127 Å². The lowest BCUT2D eigenvalue weighted by atomic mass is 10.2. The highest BCUT2D eigenvalue weighted by Gasteiger charge is 2.63. The van der Waals surface area contributed by atoms with Crippen molar-refractivity contribution in [2.75, 3.05) is 0 Å². The maximum absolute atomic E-state index is 15.0. The van der Waals surface area contributed by atoms with Crippen LogP contribution in [0.4, 0.5) is 30.7 Å². The molecule has 0 bridgehead atoms. The molecule has 0 atom stereocenters. The molecule has 5 nitrogen and oxygen atoms in total. The summed E-state index contributed by atoms with van der Waals surface area (Å²) in [6.07, 6.45) is -15.3. The molecule has 0 fully saturated rings. The van der Waals surface area contributed by atoms with Crippen LogP contribution in [0.1, 0.15) is 5.56 Å². The van der Waals surface area contributed by atoms with Gasteiger partial charge in [-0.15, -0.1) is 0 Å². The Hall–Kier alpha value is -5.39. The molecule has 5 aromatic rings. The first-order valence-electron chi connectivity index (χ1n) is 13.1. The number of para-hydroxylation sites is 3. The molecule has 0 heterocycles. The van der Waals surface area contributed by atoms with Crippen LogP contribution >= 0.6 is 0 Å². The summed E-state index contributed by atoms with van der Waals surface area (Å²) in [4.78, 5) is 0. The Morgan fingerprint density at radius 3 is 1.38 bits per heavy atom. The minimum atomic E-state index is -5.30. The highest BCUT2D eigenvalue weighted by Crippen LogP contribution is 2.43. The van der Waals surface area contributed by atoms with Gasteiger partial charge in [0, 0.05) is 24.3 Å². The van der Waals surface area contributed by atoms with E-state index < -0.39 is 47.0 Å². The largest absolute Gasteiger partial charge is 0.507 e. The standard InChI is InChI=1S/C33H21F7O5/c34-31(35,36)29-16-7-8-17-30(29)43-27-19-26(42-23-12-5-2-6-13-23)20-28(21-27)45-33(39,40)32(37,38)44-25-15-9-14-24(18-25)41-22-10-3-1-4-11-22/h1-21H. The summed E-state index contributed by atoms with van der Waals surface area (Å²) in [5.41, 5.74) is -1.16. The molecule has 5 aromatic carbocycles. The van der Waals surface area contributed by atoms with E-state index in [1.165, 1.54) is 30.3 Å². The van der Waals surface area contributed by atoms with Crippen LogP contribution in [0.5, 0.6) is 46.0 Å². The summed E-state index contributed by atoms with van der Waals surface area (Å²) >= 11 is 0. The van der Waals surface area contributed by atoms with Crippen LogP contribution in [0, 0.1) is 0 Å². The first kappa shape index (κ1) is 31.0. The molecule has 12 heteroatoms. The van der Waals surface area contributed by atoms with Crippen molar-refractivity contribution in [3.05, 3.63) is 133 Å². The fourth-order valence-corrected chi connectivity index (χ4v) is 3.90. The van der Waals surface area contributed by atoms with Crippen LogP contribution in [0.2, 0.25) is 0 Å². The Balaban J connectivity index is 1.41. The third kappa shape index (κ3) is 7.96. The van der Waals surface area contributed by atoms with Gasteiger partial charge in [-0.3, -0.25) is 0 Å². The zero-order chi connectivity index (χ0) is 32.1. The van der Waals surface area contributed by atoms with Crippen molar-refractivity contribution >= 4 is 0 Å². The van der Waals surface area contributed by atoms with E-state index in [9.17, 15) is 30.7 Å². The van der Waals surface area contributed by atoms with Crippen molar-refractivity contribution in [2.45, 2.75) is 18.4 Å². The topological polar surface area (TPSA) is 46.2 Å². The predicted octanol–water partition coefficient (Wildman–Crippen LogP) is 10.7. The van der Waals surface area contributed by atoms with E-state index in [4.69, 9.17) is 14.2 Å². The molecule has 0 spiro atoms. The van der Waals surface area contributed by atoms with Gasteiger partial charge in [0.1, 0.15) is 46.0 Å². The lowest BCUT2D eigenvalue weighted by Gasteiger charge is -2.26. The molecular weight excluding hydrogens is 609 g/mol. The second-order valence-electron chi connectivity index (χ2n) is 9.28. The molecule has 232 valence electrons. The van der Waals surface area contributed by atoms with Crippen molar-refractivity contribution in [2.24, 2.45) is 0 Å². The van der Waals surface area contributed by atoms with E-state index in [0.29, 0.717) is 11.8 Å². The average molecular weight is 631 g/mol. The molecule has 0 radical (unpaired) electrons. The van der Waals surface area contributed by atoms with Gasteiger partial charge in [-0.1, -0.05) is 54.6 Å². The molecule has 0 saturated carbocycles. The second kappa shape index (κ2) is 12.7. The zero-order valence-corrected chi connectivity index (χ0v) is 22.8. The Kier molecular flexibility index (Phi) is 8.75. The number of benzene rings is 5. The minimum absolute atomic E-state index is 0.0328. The SMILES string of the molecule is FC(F)(F)c1ccccc1Oc1cc(Oc2ccccc2)cc(OC(F)(F)C(F)(F)Oc2cccc(Oc3ccccc3)c2)c1. The number of alkyl halides is 7. The second-order valence-corrected chi connectivity index (χ2v) is 9.28. The highest BCUT2D eigenvalue weighted by molar-refractivity contribution is 5.47. The molecule has 0 N–H and O–H groups in total. The Labute approximate surface area is 251 Å². The number of hydrogen-bond donors (Lipinski definition) is 0. The number of ether oxygens (including phenoxy) is 5. The number of rotatable bonds is 11. The third-order valence-corrected chi connectivity index (χ3v) is 5.87. The predicted molar refractivity (Wildman–Crippen MR) is 149 cm³/mol. The summed E-state index contributed by atoms with van der Waals surface area (Å²) in [5, 5.41) is 0. The molecule has 0 unspecified atom stereocenters. The molecule has 0 aromatic heterocycles. The van der Waals surface area contributed by atoms with Crippen LogP contribution in [0.25, 0.3) is 0 Å². The summed E-state index contributed by atoms with van der Waals surface area (Å²) in [5.74, 6) is -2.39. The zero-order valence-electron chi connectivity index (χ0n) is 22.8. The lowest BCUT2D eigenvalue weighted by molar-refractivity contribution is -0.379. The molecular formula is C33H21F7O5. The van der Waals surface area contributed by atoms with Gasteiger partial charge in [-0.2, -0.15) is 30.7 Å². The van der Waals surface area contributed by atoms with Crippen molar-refractivity contribution in [1.82, 2.24) is 0 Å². The quantitative estimate of drug-likeness (QED) is 0.136. The summed E-state index contributed by atoms with van der Waals surface area (Å²) < 4.78 is 126. The fraction of sp³-hybridized carbons (Fsp3) is 0.0909. The van der Waals surface area contributed by atoms with Gasteiger partial charge in [-0.25, -0.2) is 0 Å². The van der Waals surface area contributed by atoms with Crippen LogP contribution in [-0.4, -0.2) is 12.2 Å². The van der Waals surface area contributed by atoms with Crippen molar-refractivity contribution in [3.8, 4) is 46.0 Å². The van der Waals surface area contributed by atoms with E-state index >= 15 is 0 Å². The summed E-state index contributed by atoms with van der Waals surface area (Å²) in [6, 6.07) is 27.6. The minimum Gasteiger partial charge on any atom is -0.457 e. The number of halogens is 7. The first-order valence-corrected chi connectivity index (χ1v) is 13.1.